The van der Waals surface area contributed by atoms with Gasteiger partial charge in [-0.3, -0.25) is 4.90 Å². The van der Waals surface area contributed by atoms with Crippen LogP contribution in [0.5, 0.6) is 0 Å². The zero-order valence-corrected chi connectivity index (χ0v) is 5.55. The van der Waals surface area contributed by atoms with E-state index in [1.54, 1.807) is 0 Å². The molecular formula is C6H13NO. The Labute approximate surface area is 50.4 Å². The van der Waals surface area contributed by atoms with Crippen molar-refractivity contribution in [1.82, 2.24) is 4.90 Å². The Hall–Kier alpha value is -0.0800. The molecular weight excluding hydrogens is 102 g/mol. The number of rotatable bonds is 3. The maximum atomic E-state index is 5.15. The molecule has 0 amide bonds. The van der Waals surface area contributed by atoms with Gasteiger partial charge in [-0.2, -0.15) is 0 Å². The smallest absolute Gasteiger partial charge is 0.0993 e. The van der Waals surface area contributed by atoms with E-state index in [1.165, 1.54) is 6.54 Å². The molecule has 2 nitrogen and oxygen atoms in total. The monoisotopic (exact) mass is 115 g/mol. The van der Waals surface area contributed by atoms with E-state index in [4.69, 9.17) is 4.74 Å². The first kappa shape index (κ1) is 6.05. The zero-order valence-electron chi connectivity index (χ0n) is 5.55. The van der Waals surface area contributed by atoms with Crippen molar-refractivity contribution in [2.24, 2.45) is 0 Å². The fraction of sp³-hybridized carbons (Fsp3) is 1.00. The van der Waals surface area contributed by atoms with Crippen LogP contribution in [0.3, 0.4) is 0 Å². The van der Waals surface area contributed by atoms with Gasteiger partial charge in [-0.25, -0.2) is 0 Å². The highest BCUT2D eigenvalue weighted by Crippen LogP contribution is 2.14. The van der Waals surface area contributed by atoms with Gasteiger partial charge in [-0.05, 0) is 13.8 Å². The average Bonchev–Trinajstić information content (AvgIpc) is 2.42. The lowest BCUT2D eigenvalue weighted by Crippen LogP contribution is -2.05. The summed E-state index contributed by atoms with van der Waals surface area (Å²) in [7, 11) is 0. The van der Waals surface area contributed by atoms with E-state index in [2.05, 4.69) is 11.8 Å². The van der Waals surface area contributed by atoms with Crippen molar-refractivity contribution in [3.05, 3.63) is 0 Å². The SMILES string of the molecule is CCOCN1CC1C. The van der Waals surface area contributed by atoms with Gasteiger partial charge in [0, 0.05) is 19.2 Å². The summed E-state index contributed by atoms with van der Waals surface area (Å²) in [6.07, 6.45) is 0. The van der Waals surface area contributed by atoms with Gasteiger partial charge in [0.25, 0.3) is 0 Å². The van der Waals surface area contributed by atoms with Crippen LogP contribution in [0.15, 0.2) is 0 Å². The van der Waals surface area contributed by atoms with Crippen LogP contribution in [-0.4, -0.2) is 30.8 Å². The van der Waals surface area contributed by atoms with Crippen LogP contribution in [0, 0.1) is 0 Å². The van der Waals surface area contributed by atoms with Crippen molar-refractivity contribution < 1.29 is 4.74 Å². The normalized spacial score (nSPS) is 35.2. The predicted molar refractivity (Wildman–Crippen MR) is 32.7 cm³/mol. The molecule has 0 saturated carbocycles. The van der Waals surface area contributed by atoms with Gasteiger partial charge in [0.2, 0.25) is 0 Å². The van der Waals surface area contributed by atoms with E-state index in [0.29, 0.717) is 0 Å². The quantitative estimate of drug-likeness (QED) is 0.501. The third-order valence-electron chi connectivity index (χ3n) is 1.45. The van der Waals surface area contributed by atoms with Crippen LogP contribution in [0.2, 0.25) is 0 Å². The van der Waals surface area contributed by atoms with Gasteiger partial charge >= 0.3 is 0 Å². The van der Waals surface area contributed by atoms with Crippen LogP contribution >= 0.6 is 0 Å². The van der Waals surface area contributed by atoms with E-state index >= 15 is 0 Å². The zero-order chi connectivity index (χ0) is 5.98. The van der Waals surface area contributed by atoms with Gasteiger partial charge in [0.1, 0.15) is 0 Å². The fourth-order valence-corrected chi connectivity index (χ4v) is 0.681. The average molecular weight is 115 g/mol. The topological polar surface area (TPSA) is 12.2 Å². The molecule has 0 radical (unpaired) electrons. The maximum absolute atomic E-state index is 5.15. The van der Waals surface area contributed by atoms with Crippen molar-refractivity contribution in [2.45, 2.75) is 19.9 Å². The molecule has 48 valence electrons. The highest BCUT2D eigenvalue weighted by molar-refractivity contribution is 4.81. The standard InChI is InChI=1S/C6H13NO/c1-3-8-5-7-4-6(7)2/h6H,3-5H2,1-2H3. The summed E-state index contributed by atoms with van der Waals surface area (Å²) in [4.78, 5) is 2.28. The molecule has 1 heterocycles. The molecule has 1 fully saturated rings. The molecule has 1 rings (SSSR count). The molecule has 1 aliphatic rings. The van der Waals surface area contributed by atoms with Crippen molar-refractivity contribution in [1.29, 1.82) is 0 Å². The number of ether oxygens (including phenoxy) is 1. The molecule has 0 aromatic heterocycles. The highest BCUT2D eigenvalue weighted by atomic mass is 16.5. The summed E-state index contributed by atoms with van der Waals surface area (Å²) in [5.41, 5.74) is 0. The second-order valence-corrected chi connectivity index (χ2v) is 2.24. The second kappa shape index (κ2) is 2.46. The Kier molecular flexibility index (Phi) is 1.86. The molecule has 1 aliphatic heterocycles. The first-order valence-electron chi connectivity index (χ1n) is 3.16. The minimum atomic E-state index is 0.779. The van der Waals surface area contributed by atoms with Crippen LogP contribution in [-0.2, 0) is 4.74 Å². The van der Waals surface area contributed by atoms with Crippen molar-refractivity contribution in [3.63, 3.8) is 0 Å². The van der Waals surface area contributed by atoms with E-state index < -0.39 is 0 Å². The van der Waals surface area contributed by atoms with Crippen molar-refractivity contribution in [3.8, 4) is 0 Å². The lowest BCUT2D eigenvalue weighted by molar-refractivity contribution is 0.0883. The molecule has 2 heteroatoms. The summed E-state index contributed by atoms with van der Waals surface area (Å²) in [5.74, 6) is 0. The lowest BCUT2D eigenvalue weighted by Gasteiger charge is -1.98. The summed E-state index contributed by atoms with van der Waals surface area (Å²) in [5, 5.41) is 0. The fourth-order valence-electron chi connectivity index (χ4n) is 0.681. The second-order valence-electron chi connectivity index (χ2n) is 2.24. The van der Waals surface area contributed by atoms with Crippen LogP contribution in [0.25, 0.3) is 0 Å². The molecule has 0 aromatic rings. The molecule has 1 saturated heterocycles. The van der Waals surface area contributed by atoms with E-state index in [0.717, 1.165) is 19.4 Å². The first-order valence-corrected chi connectivity index (χ1v) is 3.16. The van der Waals surface area contributed by atoms with E-state index in [-0.39, 0.29) is 0 Å². The van der Waals surface area contributed by atoms with Crippen molar-refractivity contribution in [2.75, 3.05) is 19.9 Å². The Morgan fingerprint density at radius 1 is 1.75 bits per heavy atom. The highest BCUT2D eigenvalue weighted by Gasteiger charge is 2.27. The number of nitrogens with zero attached hydrogens (tertiary/aromatic N) is 1. The molecule has 0 aromatic carbocycles. The van der Waals surface area contributed by atoms with Crippen LogP contribution in [0.4, 0.5) is 0 Å². The Morgan fingerprint density at radius 2 is 2.38 bits per heavy atom. The van der Waals surface area contributed by atoms with Crippen molar-refractivity contribution >= 4 is 0 Å². The van der Waals surface area contributed by atoms with Gasteiger partial charge in [0.15, 0.2) is 0 Å². The largest absolute Gasteiger partial charge is 0.366 e. The molecule has 2 unspecified atom stereocenters. The van der Waals surface area contributed by atoms with Gasteiger partial charge in [-0.1, -0.05) is 0 Å². The third kappa shape index (κ3) is 1.46. The molecule has 2 atom stereocenters. The van der Waals surface area contributed by atoms with Gasteiger partial charge in [0.05, 0.1) is 6.73 Å². The third-order valence-corrected chi connectivity index (χ3v) is 1.45. The lowest BCUT2D eigenvalue weighted by atomic mass is 10.6. The Bertz CT molecular complexity index is 74.9. The minimum absolute atomic E-state index is 0.779. The summed E-state index contributed by atoms with van der Waals surface area (Å²) < 4.78 is 5.15. The molecule has 0 bridgehead atoms. The van der Waals surface area contributed by atoms with E-state index in [1.807, 2.05) is 6.92 Å². The van der Waals surface area contributed by atoms with Gasteiger partial charge < -0.3 is 4.74 Å². The Balaban J connectivity index is 1.89. The Morgan fingerprint density at radius 3 is 2.75 bits per heavy atom. The van der Waals surface area contributed by atoms with E-state index in [9.17, 15) is 0 Å². The predicted octanol–water partition coefficient (Wildman–Crippen LogP) is 0.684. The number of hydrogen-bond donors (Lipinski definition) is 0. The first-order chi connectivity index (χ1) is 3.84. The van der Waals surface area contributed by atoms with Crippen LogP contribution in [0.1, 0.15) is 13.8 Å². The number of hydrogen-bond acceptors (Lipinski definition) is 2. The summed E-state index contributed by atoms with van der Waals surface area (Å²) in [6.45, 7) is 7.12. The maximum Gasteiger partial charge on any atom is 0.0993 e. The molecule has 0 aliphatic carbocycles. The van der Waals surface area contributed by atoms with Crippen LogP contribution < -0.4 is 0 Å². The molecule has 0 N–H and O–H groups in total. The minimum Gasteiger partial charge on any atom is -0.366 e. The molecule has 8 heavy (non-hydrogen) atoms. The summed E-state index contributed by atoms with van der Waals surface area (Å²) in [6, 6.07) is 0.779. The summed E-state index contributed by atoms with van der Waals surface area (Å²) >= 11 is 0. The molecule has 0 spiro atoms. The van der Waals surface area contributed by atoms with Gasteiger partial charge in [-0.15, -0.1) is 0 Å².